The molecule has 3 aromatic rings. The summed E-state index contributed by atoms with van der Waals surface area (Å²) in [6.07, 6.45) is 4.84. The molecule has 1 saturated carbocycles. The first-order valence-corrected chi connectivity index (χ1v) is 9.33. The molecule has 4 rings (SSSR count). The molecule has 1 aliphatic carbocycles. The Morgan fingerprint density at radius 1 is 1.15 bits per heavy atom. The van der Waals surface area contributed by atoms with Gasteiger partial charge in [0.25, 0.3) is 0 Å². The zero-order valence-corrected chi connectivity index (χ0v) is 15.7. The molecule has 0 radical (unpaired) electrons. The van der Waals surface area contributed by atoms with Gasteiger partial charge < -0.3 is 15.0 Å². The fraction of sp³-hybridized carbons (Fsp3) is 0.429. The number of nitrogens with zero attached hydrogens (tertiary/aromatic N) is 2. The molecule has 1 aliphatic rings. The molecule has 0 aliphatic heterocycles. The second kappa shape index (κ2) is 6.63. The van der Waals surface area contributed by atoms with E-state index < -0.39 is 0 Å². The van der Waals surface area contributed by atoms with E-state index in [9.17, 15) is 0 Å². The molecule has 0 amide bonds. The van der Waals surface area contributed by atoms with Gasteiger partial charge >= 0.3 is 0 Å². The van der Waals surface area contributed by atoms with Gasteiger partial charge in [-0.05, 0) is 38.8 Å². The Labute approximate surface area is 154 Å². The van der Waals surface area contributed by atoms with Gasteiger partial charge in [-0.25, -0.2) is 9.97 Å². The van der Waals surface area contributed by atoms with E-state index in [1.807, 2.05) is 19.9 Å². The van der Waals surface area contributed by atoms with Crippen molar-refractivity contribution in [3.8, 4) is 5.75 Å². The quantitative estimate of drug-likeness (QED) is 0.711. The second-order valence-corrected chi connectivity index (χ2v) is 7.38. The molecule has 0 saturated heterocycles. The minimum absolute atomic E-state index is 0.0864. The molecule has 5 nitrogen and oxygen atoms in total. The highest BCUT2D eigenvalue weighted by Gasteiger charge is 2.37. The monoisotopic (exact) mass is 350 g/mol. The van der Waals surface area contributed by atoms with Crippen molar-refractivity contribution < 1.29 is 4.74 Å². The van der Waals surface area contributed by atoms with Crippen molar-refractivity contribution >= 4 is 16.9 Å². The van der Waals surface area contributed by atoms with Crippen LogP contribution in [0, 0.1) is 13.8 Å². The van der Waals surface area contributed by atoms with Crippen LogP contribution in [0.5, 0.6) is 5.75 Å². The molecule has 0 bridgehead atoms. The minimum atomic E-state index is 0.0864. The number of hydrogen-bond acceptors (Lipinski definition) is 4. The van der Waals surface area contributed by atoms with Crippen molar-refractivity contribution in [2.24, 2.45) is 0 Å². The third-order valence-corrected chi connectivity index (χ3v) is 5.57. The number of aryl methyl sites for hydroxylation is 2. The summed E-state index contributed by atoms with van der Waals surface area (Å²) < 4.78 is 5.67. The Hall–Kier alpha value is -2.56. The molecule has 0 spiro atoms. The molecule has 2 aromatic heterocycles. The van der Waals surface area contributed by atoms with Crippen molar-refractivity contribution in [2.45, 2.75) is 44.9 Å². The minimum Gasteiger partial charge on any atom is -0.496 e. The van der Waals surface area contributed by atoms with E-state index in [1.165, 1.54) is 31.2 Å². The Morgan fingerprint density at radius 3 is 2.69 bits per heavy atom. The maximum absolute atomic E-state index is 5.67. The van der Waals surface area contributed by atoms with E-state index in [4.69, 9.17) is 4.74 Å². The third kappa shape index (κ3) is 2.91. The number of para-hydroxylation sites is 1. The zero-order chi connectivity index (χ0) is 18.1. The molecule has 26 heavy (non-hydrogen) atoms. The number of ether oxygens (including phenoxy) is 1. The number of nitrogens with one attached hydrogen (secondary N) is 2. The van der Waals surface area contributed by atoms with Gasteiger partial charge in [-0.2, -0.15) is 0 Å². The summed E-state index contributed by atoms with van der Waals surface area (Å²) in [6, 6.07) is 10.5. The van der Waals surface area contributed by atoms with Crippen LogP contribution in [0.3, 0.4) is 0 Å². The lowest BCUT2D eigenvalue weighted by atomic mass is 9.78. The predicted molar refractivity (Wildman–Crippen MR) is 105 cm³/mol. The number of methoxy groups -OCH3 is 1. The van der Waals surface area contributed by atoms with Crippen LogP contribution in [0.4, 0.5) is 5.82 Å². The van der Waals surface area contributed by atoms with E-state index in [0.29, 0.717) is 0 Å². The highest BCUT2D eigenvalue weighted by molar-refractivity contribution is 5.87. The number of anilines is 1. The number of hydrogen-bond donors (Lipinski definition) is 2. The molecule has 5 heteroatoms. The van der Waals surface area contributed by atoms with Gasteiger partial charge in [-0.15, -0.1) is 0 Å². The SMILES string of the molecule is COc1ccccc1C1(CNc2nc(C)nc3[nH]c(C)cc23)CCCC1. The number of H-pyrrole nitrogens is 1. The lowest BCUT2D eigenvalue weighted by Gasteiger charge is -2.31. The van der Waals surface area contributed by atoms with Crippen LogP contribution in [0.2, 0.25) is 0 Å². The third-order valence-electron chi connectivity index (χ3n) is 5.57. The molecule has 2 heterocycles. The summed E-state index contributed by atoms with van der Waals surface area (Å²) >= 11 is 0. The lowest BCUT2D eigenvalue weighted by molar-refractivity contribution is 0.381. The fourth-order valence-electron chi connectivity index (χ4n) is 4.32. The van der Waals surface area contributed by atoms with Crippen LogP contribution in [0.1, 0.15) is 42.8 Å². The topological polar surface area (TPSA) is 62.8 Å². The van der Waals surface area contributed by atoms with Crippen molar-refractivity contribution in [1.82, 2.24) is 15.0 Å². The summed E-state index contributed by atoms with van der Waals surface area (Å²) in [5.41, 5.74) is 3.39. The summed E-state index contributed by atoms with van der Waals surface area (Å²) in [5, 5.41) is 4.70. The smallest absolute Gasteiger partial charge is 0.143 e. The molecule has 1 aromatic carbocycles. The molecule has 0 unspecified atom stereocenters. The van der Waals surface area contributed by atoms with Gasteiger partial charge in [-0.3, -0.25) is 0 Å². The van der Waals surface area contributed by atoms with E-state index >= 15 is 0 Å². The van der Waals surface area contributed by atoms with Gasteiger partial charge in [0, 0.05) is 23.2 Å². The highest BCUT2D eigenvalue weighted by atomic mass is 16.5. The lowest BCUT2D eigenvalue weighted by Crippen LogP contribution is -2.32. The number of rotatable bonds is 5. The van der Waals surface area contributed by atoms with Crippen LogP contribution in [0.15, 0.2) is 30.3 Å². The van der Waals surface area contributed by atoms with E-state index in [0.717, 1.165) is 40.7 Å². The van der Waals surface area contributed by atoms with E-state index in [2.05, 4.69) is 44.5 Å². The maximum atomic E-state index is 5.67. The van der Waals surface area contributed by atoms with Crippen molar-refractivity contribution in [3.05, 3.63) is 47.4 Å². The average molecular weight is 350 g/mol. The van der Waals surface area contributed by atoms with Gasteiger partial charge in [0.05, 0.1) is 12.5 Å². The molecule has 2 N–H and O–H groups in total. The Bertz CT molecular complexity index is 925. The van der Waals surface area contributed by atoms with E-state index in [-0.39, 0.29) is 5.41 Å². The van der Waals surface area contributed by atoms with Crippen LogP contribution >= 0.6 is 0 Å². The first kappa shape index (κ1) is 16.9. The standard InChI is InChI=1S/C21H26N4O/c1-14-12-16-19(24-15(2)25-20(16)23-14)22-13-21(10-6-7-11-21)17-8-4-5-9-18(17)26-3/h4-5,8-9,12H,6-7,10-11,13H2,1-3H3,(H2,22,23,24,25). The van der Waals surface area contributed by atoms with Gasteiger partial charge in [0.1, 0.15) is 23.0 Å². The summed E-state index contributed by atoms with van der Waals surface area (Å²) in [7, 11) is 1.76. The molecule has 136 valence electrons. The van der Waals surface area contributed by atoms with Crippen LogP contribution in [-0.2, 0) is 5.41 Å². The Kier molecular flexibility index (Phi) is 4.31. The van der Waals surface area contributed by atoms with Crippen LogP contribution < -0.4 is 10.1 Å². The Morgan fingerprint density at radius 2 is 1.92 bits per heavy atom. The highest BCUT2D eigenvalue weighted by Crippen LogP contribution is 2.44. The first-order chi connectivity index (χ1) is 12.6. The first-order valence-electron chi connectivity index (χ1n) is 9.33. The van der Waals surface area contributed by atoms with Crippen molar-refractivity contribution in [1.29, 1.82) is 0 Å². The van der Waals surface area contributed by atoms with Crippen molar-refractivity contribution in [3.63, 3.8) is 0 Å². The summed E-state index contributed by atoms with van der Waals surface area (Å²) in [4.78, 5) is 12.5. The van der Waals surface area contributed by atoms with Gasteiger partial charge in [-0.1, -0.05) is 31.0 Å². The zero-order valence-electron chi connectivity index (χ0n) is 15.7. The molecular weight excluding hydrogens is 324 g/mol. The number of benzene rings is 1. The molecule has 0 atom stereocenters. The largest absolute Gasteiger partial charge is 0.496 e. The maximum Gasteiger partial charge on any atom is 0.143 e. The Balaban J connectivity index is 1.69. The normalized spacial score (nSPS) is 16.1. The van der Waals surface area contributed by atoms with Crippen LogP contribution in [0.25, 0.3) is 11.0 Å². The fourth-order valence-corrected chi connectivity index (χ4v) is 4.32. The average Bonchev–Trinajstić information content (AvgIpc) is 3.26. The van der Waals surface area contributed by atoms with E-state index in [1.54, 1.807) is 7.11 Å². The van der Waals surface area contributed by atoms with Gasteiger partial charge in [0.2, 0.25) is 0 Å². The van der Waals surface area contributed by atoms with Crippen molar-refractivity contribution in [2.75, 3.05) is 19.0 Å². The molecular formula is C21H26N4O. The summed E-state index contributed by atoms with van der Waals surface area (Å²) in [6.45, 7) is 4.84. The number of fused-ring (bicyclic) bond motifs is 1. The predicted octanol–water partition coefficient (Wildman–Crippen LogP) is 4.51. The van der Waals surface area contributed by atoms with Gasteiger partial charge in [0.15, 0.2) is 0 Å². The number of aromatic amines is 1. The summed E-state index contributed by atoms with van der Waals surface area (Å²) in [5.74, 6) is 2.68. The number of aromatic nitrogens is 3. The van der Waals surface area contributed by atoms with Crippen LogP contribution in [-0.4, -0.2) is 28.6 Å². The molecule has 1 fully saturated rings. The second-order valence-electron chi connectivity index (χ2n) is 7.38.